The zero-order chi connectivity index (χ0) is 13.5. The minimum absolute atomic E-state index is 0.177. The largest absolute Gasteiger partial charge is 0.494 e. The highest BCUT2D eigenvalue weighted by Crippen LogP contribution is 2.20. The van der Waals surface area contributed by atoms with Crippen LogP contribution in [0.4, 0.5) is 0 Å². The van der Waals surface area contributed by atoms with Crippen LogP contribution in [0.3, 0.4) is 0 Å². The lowest BCUT2D eigenvalue weighted by Gasteiger charge is -2.22. The molecule has 1 saturated heterocycles. The van der Waals surface area contributed by atoms with Crippen molar-refractivity contribution >= 4 is 5.78 Å². The van der Waals surface area contributed by atoms with Gasteiger partial charge in [0.05, 0.1) is 12.7 Å². The van der Waals surface area contributed by atoms with Gasteiger partial charge >= 0.3 is 0 Å². The summed E-state index contributed by atoms with van der Waals surface area (Å²) in [7, 11) is 0. The van der Waals surface area contributed by atoms with E-state index < -0.39 is 0 Å². The van der Waals surface area contributed by atoms with E-state index in [1.54, 1.807) is 0 Å². The number of hydrogen-bond donors (Lipinski definition) is 0. The predicted molar refractivity (Wildman–Crippen MR) is 74.8 cm³/mol. The highest BCUT2D eigenvalue weighted by molar-refractivity contribution is 5.96. The summed E-state index contributed by atoms with van der Waals surface area (Å²) in [5.41, 5.74) is 0.738. The number of ketones is 1. The summed E-state index contributed by atoms with van der Waals surface area (Å²) in [5.74, 6) is 0.943. The van der Waals surface area contributed by atoms with E-state index in [-0.39, 0.29) is 11.9 Å². The predicted octanol–water partition coefficient (Wildman–Crippen LogP) is 3.62. The molecular weight excluding hydrogens is 240 g/mol. The van der Waals surface area contributed by atoms with Crippen molar-refractivity contribution in [2.45, 2.75) is 45.1 Å². The number of hydrogen-bond acceptors (Lipinski definition) is 3. The second kappa shape index (κ2) is 7.29. The molecule has 0 spiro atoms. The van der Waals surface area contributed by atoms with Gasteiger partial charge in [-0.05, 0) is 44.7 Å². The lowest BCUT2D eigenvalue weighted by molar-refractivity contribution is 0.0104. The van der Waals surface area contributed by atoms with E-state index in [0.717, 1.165) is 37.2 Å². The molecule has 0 amide bonds. The highest BCUT2D eigenvalue weighted by atomic mass is 16.5. The maximum absolute atomic E-state index is 12.1. The van der Waals surface area contributed by atoms with E-state index in [1.165, 1.54) is 6.42 Å². The van der Waals surface area contributed by atoms with Gasteiger partial charge in [0.15, 0.2) is 5.78 Å². The smallest absolute Gasteiger partial charge is 0.163 e. The summed E-state index contributed by atoms with van der Waals surface area (Å²) in [5, 5.41) is 0. The molecule has 0 saturated carbocycles. The molecule has 1 aliphatic rings. The van der Waals surface area contributed by atoms with Crippen LogP contribution in [0.1, 0.15) is 49.4 Å². The number of benzene rings is 1. The fraction of sp³-hybridized carbons (Fsp3) is 0.562. The summed E-state index contributed by atoms with van der Waals surface area (Å²) in [6, 6.07) is 7.43. The maximum Gasteiger partial charge on any atom is 0.163 e. The van der Waals surface area contributed by atoms with Crippen molar-refractivity contribution in [3.63, 3.8) is 0 Å². The second-order valence-corrected chi connectivity index (χ2v) is 4.91. The Bertz CT molecular complexity index is 408. The van der Waals surface area contributed by atoms with Gasteiger partial charge in [-0.15, -0.1) is 0 Å². The molecule has 0 aliphatic carbocycles. The van der Waals surface area contributed by atoms with E-state index >= 15 is 0 Å². The van der Waals surface area contributed by atoms with Gasteiger partial charge < -0.3 is 9.47 Å². The van der Waals surface area contributed by atoms with E-state index in [4.69, 9.17) is 9.47 Å². The molecule has 1 fully saturated rings. The van der Waals surface area contributed by atoms with Crippen molar-refractivity contribution in [3.8, 4) is 5.75 Å². The van der Waals surface area contributed by atoms with Gasteiger partial charge in [0, 0.05) is 18.6 Å². The third kappa shape index (κ3) is 4.35. The number of ether oxygens (including phenoxy) is 2. The quantitative estimate of drug-likeness (QED) is 0.735. The van der Waals surface area contributed by atoms with Crippen LogP contribution in [-0.4, -0.2) is 25.1 Å². The molecule has 2 rings (SSSR count). The SMILES string of the molecule is CCOc1cccc(C(=O)CCC2CCCCO2)c1. The van der Waals surface area contributed by atoms with Crippen molar-refractivity contribution in [1.29, 1.82) is 0 Å². The van der Waals surface area contributed by atoms with Crippen molar-refractivity contribution in [3.05, 3.63) is 29.8 Å². The molecule has 0 bridgehead atoms. The Labute approximate surface area is 114 Å². The summed E-state index contributed by atoms with van der Waals surface area (Å²) >= 11 is 0. The van der Waals surface area contributed by atoms with Gasteiger partial charge in [-0.3, -0.25) is 4.79 Å². The molecule has 19 heavy (non-hydrogen) atoms. The van der Waals surface area contributed by atoms with Crippen molar-refractivity contribution in [1.82, 2.24) is 0 Å². The Morgan fingerprint density at radius 1 is 1.42 bits per heavy atom. The Balaban J connectivity index is 1.86. The number of carbonyl (C=O) groups is 1. The maximum atomic E-state index is 12.1. The summed E-state index contributed by atoms with van der Waals surface area (Å²) in [6.45, 7) is 3.40. The van der Waals surface area contributed by atoms with E-state index in [2.05, 4.69) is 0 Å². The fourth-order valence-electron chi connectivity index (χ4n) is 2.40. The Hall–Kier alpha value is -1.35. The molecule has 1 heterocycles. The highest BCUT2D eigenvalue weighted by Gasteiger charge is 2.16. The molecule has 0 N–H and O–H groups in total. The Kier molecular flexibility index (Phi) is 5.40. The van der Waals surface area contributed by atoms with Crippen molar-refractivity contribution in [2.75, 3.05) is 13.2 Å². The van der Waals surface area contributed by atoms with Gasteiger partial charge in [-0.1, -0.05) is 12.1 Å². The van der Waals surface area contributed by atoms with Gasteiger partial charge in [0.25, 0.3) is 0 Å². The monoisotopic (exact) mass is 262 g/mol. The van der Waals surface area contributed by atoms with E-state index in [0.29, 0.717) is 13.0 Å². The minimum atomic E-state index is 0.177. The Morgan fingerprint density at radius 3 is 3.05 bits per heavy atom. The summed E-state index contributed by atoms with van der Waals surface area (Å²) < 4.78 is 11.1. The standard InChI is InChI=1S/C16H22O3/c1-2-18-15-8-5-6-13(12-15)16(17)10-9-14-7-3-4-11-19-14/h5-6,8,12,14H,2-4,7,9-11H2,1H3. The second-order valence-electron chi connectivity index (χ2n) is 4.91. The van der Waals surface area contributed by atoms with Crippen LogP contribution < -0.4 is 4.74 Å². The lowest BCUT2D eigenvalue weighted by Crippen LogP contribution is -2.20. The van der Waals surface area contributed by atoms with Crippen molar-refractivity contribution < 1.29 is 14.3 Å². The van der Waals surface area contributed by atoms with Crippen molar-refractivity contribution in [2.24, 2.45) is 0 Å². The molecule has 1 atom stereocenters. The fourth-order valence-corrected chi connectivity index (χ4v) is 2.40. The van der Waals surface area contributed by atoms with Crippen LogP contribution >= 0.6 is 0 Å². The van der Waals surface area contributed by atoms with E-state index in [9.17, 15) is 4.79 Å². The zero-order valence-corrected chi connectivity index (χ0v) is 11.6. The topological polar surface area (TPSA) is 35.5 Å². The first-order chi connectivity index (χ1) is 9.29. The first-order valence-corrected chi connectivity index (χ1v) is 7.17. The number of carbonyl (C=O) groups excluding carboxylic acids is 1. The third-order valence-electron chi connectivity index (χ3n) is 3.43. The van der Waals surface area contributed by atoms with Crippen LogP contribution in [-0.2, 0) is 4.74 Å². The van der Waals surface area contributed by atoms with Crippen LogP contribution in [0.25, 0.3) is 0 Å². The lowest BCUT2D eigenvalue weighted by atomic mass is 10.0. The average molecular weight is 262 g/mol. The molecule has 3 nitrogen and oxygen atoms in total. The first kappa shape index (κ1) is 14.1. The minimum Gasteiger partial charge on any atom is -0.494 e. The van der Waals surface area contributed by atoms with Crippen LogP contribution in [0.15, 0.2) is 24.3 Å². The van der Waals surface area contributed by atoms with Gasteiger partial charge in [-0.25, -0.2) is 0 Å². The van der Waals surface area contributed by atoms with Gasteiger partial charge in [0.2, 0.25) is 0 Å². The molecule has 1 aromatic carbocycles. The van der Waals surface area contributed by atoms with Gasteiger partial charge in [-0.2, -0.15) is 0 Å². The molecule has 1 unspecified atom stereocenters. The summed E-state index contributed by atoms with van der Waals surface area (Å²) in [6.07, 6.45) is 5.12. The van der Waals surface area contributed by atoms with Gasteiger partial charge in [0.1, 0.15) is 5.75 Å². The molecular formula is C16H22O3. The van der Waals surface area contributed by atoms with Crippen LogP contribution in [0.5, 0.6) is 5.75 Å². The molecule has 1 aliphatic heterocycles. The summed E-state index contributed by atoms with van der Waals surface area (Å²) in [4.78, 5) is 12.1. The van der Waals surface area contributed by atoms with Crippen LogP contribution in [0, 0.1) is 0 Å². The molecule has 0 aromatic heterocycles. The third-order valence-corrected chi connectivity index (χ3v) is 3.43. The molecule has 1 aromatic rings. The number of Topliss-reactive ketones (excluding diaryl/α,β-unsaturated/α-hetero) is 1. The molecule has 3 heteroatoms. The normalized spacial score (nSPS) is 19.1. The number of rotatable bonds is 6. The molecule has 104 valence electrons. The molecule has 0 radical (unpaired) electrons. The Morgan fingerprint density at radius 2 is 2.32 bits per heavy atom. The average Bonchev–Trinajstić information content (AvgIpc) is 2.46. The van der Waals surface area contributed by atoms with Crippen LogP contribution in [0.2, 0.25) is 0 Å². The zero-order valence-electron chi connectivity index (χ0n) is 11.6. The first-order valence-electron chi connectivity index (χ1n) is 7.17. The van der Waals surface area contributed by atoms with E-state index in [1.807, 2.05) is 31.2 Å².